The van der Waals surface area contributed by atoms with Gasteiger partial charge in [0.1, 0.15) is 5.75 Å². The van der Waals surface area contributed by atoms with Gasteiger partial charge in [-0.3, -0.25) is 25.1 Å². The summed E-state index contributed by atoms with van der Waals surface area (Å²) in [7, 11) is 0. The predicted octanol–water partition coefficient (Wildman–Crippen LogP) is 3.99. The highest BCUT2D eigenvalue weighted by Crippen LogP contribution is 2.33. The number of carbonyl (C=O) groups is 2. The van der Waals surface area contributed by atoms with Gasteiger partial charge < -0.3 is 4.74 Å². The molecule has 0 fully saturated rings. The van der Waals surface area contributed by atoms with E-state index in [9.17, 15) is 22.8 Å². The van der Waals surface area contributed by atoms with E-state index in [1.165, 1.54) is 13.8 Å². The summed E-state index contributed by atoms with van der Waals surface area (Å²) >= 11 is 0. The number of aromatic nitrogens is 2. The van der Waals surface area contributed by atoms with Crippen LogP contribution in [0.3, 0.4) is 0 Å². The molecular weight excluding hydrogens is 425 g/mol. The van der Waals surface area contributed by atoms with Gasteiger partial charge in [-0.2, -0.15) is 18.3 Å². The van der Waals surface area contributed by atoms with Crippen LogP contribution in [0.5, 0.6) is 5.75 Å². The molecule has 2 amide bonds. The Balaban J connectivity index is 1.63. The number of amides is 2. The number of nitrogens with one attached hydrogen (secondary N) is 2. The maximum atomic E-state index is 13.4. The van der Waals surface area contributed by atoms with Crippen LogP contribution in [-0.2, 0) is 11.0 Å². The SMILES string of the molecule is CC(C)n1ncc(C(=O)NNC(=O)COc2ccccc2-c2ccccc2)c1C(F)(F)F. The first kappa shape index (κ1) is 22.9. The number of hydrogen-bond acceptors (Lipinski definition) is 4. The minimum atomic E-state index is -4.79. The topological polar surface area (TPSA) is 85.3 Å². The van der Waals surface area contributed by atoms with E-state index in [-0.39, 0.29) is 0 Å². The molecule has 0 aliphatic heterocycles. The highest BCUT2D eigenvalue weighted by molar-refractivity contribution is 5.96. The van der Waals surface area contributed by atoms with Crippen LogP contribution in [0.25, 0.3) is 11.1 Å². The molecule has 0 atom stereocenters. The Hall–Kier alpha value is -3.82. The van der Waals surface area contributed by atoms with Crippen molar-refractivity contribution in [2.75, 3.05) is 6.61 Å². The first-order valence-corrected chi connectivity index (χ1v) is 9.69. The smallest absolute Gasteiger partial charge is 0.433 e. The van der Waals surface area contributed by atoms with Crippen molar-refractivity contribution in [3.63, 3.8) is 0 Å². The molecule has 10 heteroatoms. The van der Waals surface area contributed by atoms with E-state index in [2.05, 4.69) is 10.5 Å². The molecule has 168 valence electrons. The van der Waals surface area contributed by atoms with Gasteiger partial charge in [-0.25, -0.2) is 0 Å². The van der Waals surface area contributed by atoms with Crippen molar-refractivity contribution in [1.29, 1.82) is 0 Å². The number of para-hydroxylation sites is 1. The van der Waals surface area contributed by atoms with Gasteiger partial charge in [-0.1, -0.05) is 48.5 Å². The summed E-state index contributed by atoms with van der Waals surface area (Å²) < 4.78 is 46.5. The van der Waals surface area contributed by atoms with Crippen molar-refractivity contribution in [3.05, 3.63) is 72.1 Å². The normalized spacial score (nSPS) is 11.3. The number of rotatable bonds is 6. The first-order valence-electron chi connectivity index (χ1n) is 9.69. The van der Waals surface area contributed by atoms with Crippen LogP contribution >= 0.6 is 0 Å². The molecule has 32 heavy (non-hydrogen) atoms. The van der Waals surface area contributed by atoms with Gasteiger partial charge in [-0.05, 0) is 25.5 Å². The van der Waals surface area contributed by atoms with Gasteiger partial charge in [0.2, 0.25) is 0 Å². The zero-order valence-corrected chi connectivity index (χ0v) is 17.3. The van der Waals surface area contributed by atoms with Crippen molar-refractivity contribution in [2.24, 2.45) is 0 Å². The predicted molar refractivity (Wildman–Crippen MR) is 111 cm³/mol. The molecule has 0 saturated carbocycles. The largest absolute Gasteiger partial charge is 0.483 e. The third-order valence-corrected chi connectivity index (χ3v) is 4.44. The molecule has 0 aliphatic rings. The Morgan fingerprint density at radius 3 is 2.34 bits per heavy atom. The monoisotopic (exact) mass is 446 g/mol. The van der Waals surface area contributed by atoms with E-state index in [0.717, 1.165) is 17.3 Å². The van der Waals surface area contributed by atoms with Crippen molar-refractivity contribution >= 4 is 11.8 Å². The lowest BCUT2D eigenvalue weighted by molar-refractivity contribution is -0.145. The van der Waals surface area contributed by atoms with Crippen LogP contribution in [0, 0.1) is 0 Å². The molecule has 7 nitrogen and oxygen atoms in total. The average molecular weight is 446 g/mol. The highest BCUT2D eigenvalue weighted by atomic mass is 19.4. The molecule has 1 aromatic heterocycles. The summed E-state index contributed by atoms with van der Waals surface area (Å²) in [5.41, 5.74) is 3.81. The van der Waals surface area contributed by atoms with Gasteiger partial charge in [0.25, 0.3) is 11.8 Å². The zero-order valence-electron chi connectivity index (χ0n) is 17.3. The van der Waals surface area contributed by atoms with E-state index < -0.39 is 41.9 Å². The zero-order chi connectivity index (χ0) is 23.3. The summed E-state index contributed by atoms with van der Waals surface area (Å²) in [5, 5.41) is 3.64. The van der Waals surface area contributed by atoms with Gasteiger partial charge in [0.15, 0.2) is 12.3 Å². The maximum absolute atomic E-state index is 13.4. The number of hydrazine groups is 1. The first-order chi connectivity index (χ1) is 15.2. The molecule has 3 aromatic rings. The van der Waals surface area contributed by atoms with E-state index in [4.69, 9.17) is 4.74 Å². The van der Waals surface area contributed by atoms with E-state index in [1.807, 2.05) is 47.9 Å². The van der Waals surface area contributed by atoms with Crippen LogP contribution in [0.4, 0.5) is 13.2 Å². The molecular formula is C22H21F3N4O3. The van der Waals surface area contributed by atoms with Gasteiger partial charge in [0.05, 0.1) is 11.8 Å². The molecule has 0 aliphatic carbocycles. The standard InChI is InChI=1S/C22H21F3N4O3/c1-14(2)29-20(22(23,24)25)17(12-26-29)21(31)28-27-19(30)13-32-18-11-7-6-10-16(18)15-8-4-3-5-9-15/h3-12,14H,13H2,1-2H3,(H,27,30)(H,28,31). The number of halogens is 3. The van der Waals surface area contributed by atoms with E-state index in [0.29, 0.717) is 10.4 Å². The number of benzene rings is 2. The molecule has 2 aromatic carbocycles. The summed E-state index contributed by atoms with van der Waals surface area (Å²) in [6.45, 7) is 2.56. The molecule has 0 bridgehead atoms. The molecule has 0 radical (unpaired) electrons. The molecule has 0 saturated heterocycles. The Labute approximate surface area is 182 Å². The quantitative estimate of drug-likeness (QED) is 0.561. The fourth-order valence-electron chi connectivity index (χ4n) is 3.02. The fraction of sp³-hybridized carbons (Fsp3) is 0.227. The summed E-state index contributed by atoms with van der Waals surface area (Å²) in [5.74, 6) is -1.44. The lowest BCUT2D eigenvalue weighted by Crippen LogP contribution is -2.44. The molecule has 3 rings (SSSR count). The van der Waals surface area contributed by atoms with Crippen LogP contribution in [0.15, 0.2) is 60.8 Å². The van der Waals surface area contributed by atoms with Crippen LogP contribution in [-0.4, -0.2) is 28.2 Å². The second kappa shape index (κ2) is 9.54. The number of carbonyl (C=O) groups excluding carboxylic acids is 2. The third-order valence-electron chi connectivity index (χ3n) is 4.44. The Kier molecular flexibility index (Phi) is 6.82. The molecule has 0 unspecified atom stereocenters. The minimum Gasteiger partial charge on any atom is -0.483 e. The Morgan fingerprint density at radius 2 is 1.69 bits per heavy atom. The second-order valence-electron chi connectivity index (χ2n) is 7.10. The third kappa shape index (κ3) is 5.26. The fourth-order valence-corrected chi connectivity index (χ4v) is 3.02. The average Bonchev–Trinajstić information content (AvgIpc) is 3.23. The molecule has 2 N–H and O–H groups in total. The molecule has 1 heterocycles. The second-order valence-corrected chi connectivity index (χ2v) is 7.10. The van der Waals surface area contributed by atoms with E-state index >= 15 is 0 Å². The van der Waals surface area contributed by atoms with Crippen LogP contribution < -0.4 is 15.6 Å². The van der Waals surface area contributed by atoms with Crippen LogP contribution in [0.1, 0.15) is 35.9 Å². The number of nitrogens with zero attached hydrogens (tertiary/aromatic N) is 2. The highest BCUT2D eigenvalue weighted by Gasteiger charge is 2.40. The Bertz CT molecular complexity index is 1100. The van der Waals surface area contributed by atoms with Crippen molar-refractivity contribution in [1.82, 2.24) is 20.6 Å². The number of alkyl halides is 3. The summed E-state index contributed by atoms with van der Waals surface area (Å²) in [4.78, 5) is 24.3. The van der Waals surface area contributed by atoms with Crippen molar-refractivity contribution < 1.29 is 27.5 Å². The lowest BCUT2D eigenvalue weighted by atomic mass is 10.1. The van der Waals surface area contributed by atoms with Gasteiger partial charge in [0, 0.05) is 11.6 Å². The van der Waals surface area contributed by atoms with Gasteiger partial charge in [-0.15, -0.1) is 0 Å². The lowest BCUT2D eigenvalue weighted by Gasteiger charge is -2.15. The molecule has 0 spiro atoms. The van der Waals surface area contributed by atoms with Gasteiger partial charge >= 0.3 is 6.18 Å². The summed E-state index contributed by atoms with van der Waals surface area (Å²) in [6, 6.07) is 15.8. The minimum absolute atomic E-state index is 0.442. The van der Waals surface area contributed by atoms with E-state index in [1.54, 1.807) is 12.1 Å². The van der Waals surface area contributed by atoms with Crippen molar-refractivity contribution in [2.45, 2.75) is 26.1 Å². The van der Waals surface area contributed by atoms with Crippen LogP contribution in [0.2, 0.25) is 0 Å². The van der Waals surface area contributed by atoms with Crippen molar-refractivity contribution in [3.8, 4) is 16.9 Å². The number of hydrogen-bond donors (Lipinski definition) is 2. The summed E-state index contributed by atoms with van der Waals surface area (Å²) in [6.07, 6.45) is -3.97. The Morgan fingerprint density at radius 1 is 1.03 bits per heavy atom. The maximum Gasteiger partial charge on any atom is 0.433 e. The number of ether oxygens (including phenoxy) is 1.